The number of likely N-dealkylation sites (tertiary alicyclic amines) is 1. The van der Waals surface area contributed by atoms with Gasteiger partial charge in [-0.1, -0.05) is 24.8 Å². The molecule has 2 amide bonds. The van der Waals surface area contributed by atoms with Crippen LogP contribution in [0.5, 0.6) is 0 Å². The molecule has 1 saturated heterocycles. The number of hydrogen-bond acceptors (Lipinski definition) is 8. The van der Waals surface area contributed by atoms with Crippen molar-refractivity contribution in [2.24, 2.45) is 24.4 Å². The van der Waals surface area contributed by atoms with E-state index in [1.807, 2.05) is 18.2 Å². The average Bonchev–Trinajstić information content (AvgIpc) is 3.45. The van der Waals surface area contributed by atoms with Crippen molar-refractivity contribution in [2.45, 2.75) is 49.6 Å². The van der Waals surface area contributed by atoms with E-state index < -0.39 is 11.3 Å². The lowest BCUT2D eigenvalue weighted by Gasteiger charge is -2.34. The zero-order chi connectivity index (χ0) is 28.9. The van der Waals surface area contributed by atoms with Crippen molar-refractivity contribution in [3.63, 3.8) is 0 Å². The molecular weight excluding hydrogens is 518 g/mol. The molecule has 5 N–H and O–H groups in total. The number of primary amides is 1. The summed E-state index contributed by atoms with van der Waals surface area (Å²) in [4.78, 5) is 28.4. The second kappa shape index (κ2) is 10.1. The van der Waals surface area contributed by atoms with Crippen LogP contribution in [0.15, 0.2) is 43.0 Å². The smallest absolute Gasteiger partial charge is 0.248 e. The fraction of sp³-hybridized carbons (Fsp3) is 0.400. The number of amides is 2. The quantitative estimate of drug-likeness (QED) is 0.350. The van der Waals surface area contributed by atoms with E-state index in [4.69, 9.17) is 16.6 Å². The van der Waals surface area contributed by atoms with Crippen LogP contribution in [-0.2, 0) is 30.1 Å². The van der Waals surface area contributed by atoms with Gasteiger partial charge in [-0.25, -0.2) is 0 Å². The Morgan fingerprint density at radius 2 is 1.80 bits per heavy atom. The van der Waals surface area contributed by atoms with Crippen LogP contribution in [0, 0.1) is 17.2 Å². The summed E-state index contributed by atoms with van der Waals surface area (Å²) in [6.07, 6.45) is 3.64. The van der Waals surface area contributed by atoms with Gasteiger partial charge in [-0.2, -0.15) is 10.1 Å². The van der Waals surface area contributed by atoms with Gasteiger partial charge < -0.3 is 21.7 Å². The molecule has 2 aromatic carbocycles. The van der Waals surface area contributed by atoms with E-state index in [1.165, 1.54) is 4.80 Å². The average molecular weight is 552 g/mol. The van der Waals surface area contributed by atoms with Crippen molar-refractivity contribution in [3.8, 4) is 6.07 Å². The van der Waals surface area contributed by atoms with Gasteiger partial charge in [0.05, 0.1) is 25.1 Å². The number of aromatic nitrogens is 4. The molecule has 2 aliphatic carbocycles. The van der Waals surface area contributed by atoms with E-state index in [1.54, 1.807) is 18.0 Å². The van der Waals surface area contributed by atoms with Crippen molar-refractivity contribution in [3.05, 3.63) is 82.2 Å². The van der Waals surface area contributed by atoms with Gasteiger partial charge in [-0.15, -0.1) is 10.2 Å². The molecule has 6 rings (SSSR count). The highest BCUT2D eigenvalue weighted by molar-refractivity contribution is 5.93. The summed E-state index contributed by atoms with van der Waals surface area (Å²) >= 11 is 0. The molecule has 11 heteroatoms. The summed E-state index contributed by atoms with van der Waals surface area (Å²) in [6.45, 7) is 4.52. The SMILES string of the molecule is C=C(N)c1ccc2c(c1)CCc1cc(C(N)=O)ccc1C2(CCNCC(=O)N1[C@H](C#N)C[C@@H]2C[C@@H]21)c1nnn(C)n1. The molecule has 0 spiro atoms. The minimum atomic E-state index is -0.833. The highest BCUT2D eigenvalue weighted by Crippen LogP contribution is 2.48. The van der Waals surface area contributed by atoms with E-state index in [0.717, 1.165) is 40.7 Å². The minimum absolute atomic E-state index is 0.0490. The molecule has 1 unspecified atom stereocenters. The first-order valence-electron chi connectivity index (χ1n) is 13.9. The van der Waals surface area contributed by atoms with Gasteiger partial charge in [0.2, 0.25) is 11.8 Å². The standard InChI is InChI=1S/C30H33N9O2/c1-17(32)18-5-7-24-19(11-18)3-4-20-12-21(28(33)41)6-8-25(20)30(24,29-35-37-38(2)36-29)9-10-34-16-27(40)39-23(15-31)13-22-14-26(22)39/h5-8,11-12,22-23,26,34H,1,3-4,9-10,13-14,16,32H2,2H3,(H2,33,41)/t22-,23+,26+,30?/m1/s1. The molecule has 1 saturated carbocycles. The fourth-order valence-corrected chi connectivity index (χ4v) is 6.77. The first kappa shape index (κ1) is 26.7. The minimum Gasteiger partial charge on any atom is -0.399 e. The van der Waals surface area contributed by atoms with Gasteiger partial charge in [0, 0.05) is 17.3 Å². The first-order chi connectivity index (χ1) is 19.7. The molecular formula is C30H33N9O2. The third-order valence-corrected chi connectivity index (χ3v) is 8.83. The maximum absolute atomic E-state index is 13.1. The number of carbonyl (C=O) groups is 2. The van der Waals surface area contributed by atoms with Crippen molar-refractivity contribution < 1.29 is 9.59 Å². The molecule has 4 atom stereocenters. The van der Waals surface area contributed by atoms with Crippen LogP contribution in [0.3, 0.4) is 0 Å². The summed E-state index contributed by atoms with van der Waals surface area (Å²) in [5, 5.41) is 26.2. The van der Waals surface area contributed by atoms with Gasteiger partial charge in [0.25, 0.3) is 0 Å². The molecule has 1 aliphatic heterocycles. The molecule has 1 aromatic heterocycles. The van der Waals surface area contributed by atoms with Crippen LogP contribution in [0.2, 0.25) is 0 Å². The topological polar surface area (TPSA) is 169 Å². The second-order valence-corrected chi connectivity index (χ2v) is 11.3. The van der Waals surface area contributed by atoms with E-state index in [-0.39, 0.29) is 24.5 Å². The van der Waals surface area contributed by atoms with Gasteiger partial charge in [0.15, 0.2) is 5.82 Å². The van der Waals surface area contributed by atoms with Crippen LogP contribution < -0.4 is 16.8 Å². The molecule has 210 valence electrons. The number of nitriles is 1. The number of nitrogens with one attached hydrogen (secondary N) is 1. The lowest BCUT2D eigenvalue weighted by atomic mass is 9.69. The van der Waals surface area contributed by atoms with Crippen LogP contribution in [0.1, 0.15) is 63.3 Å². The summed E-state index contributed by atoms with van der Waals surface area (Å²) in [6, 6.07) is 13.8. The number of piperidine rings is 1. The van der Waals surface area contributed by atoms with Crippen LogP contribution in [-0.4, -0.2) is 62.1 Å². The van der Waals surface area contributed by atoms with Crippen molar-refractivity contribution in [1.82, 2.24) is 30.4 Å². The van der Waals surface area contributed by atoms with E-state index in [0.29, 0.717) is 48.8 Å². The molecule has 11 nitrogen and oxygen atoms in total. The Balaban J connectivity index is 1.39. The second-order valence-electron chi connectivity index (χ2n) is 11.3. The summed E-state index contributed by atoms with van der Waals surface area (Å²) in [5.41, 5.74) is 16.7. The normalized spacial score (nSPS) is 24.0. The van der Waals surface area contributed by atoms with E-state index in [9.17, 15) is 14.9 Å². The third-order valence-electron chi connectivity index (χ3n) is 8.83. The molecule has 2 heterocycles. The number of tetrazole rings is 1. The van der Waals surface area contributed by atoms with Crippen molar-refractivity contribution in [2.75, 3.05) is 13.1 Å². The summed E-state index contributed by atoms with van der Waals surface area (Å²) < 4.78 is 0. The Hall–Kier alpha value is -4.56. The maximum atomic E-state index is 13.1. The highest BCUT2D eigenvalue weighted by atomic mass is 16.2. The van der Waals surface area contributed by atoms with Gasteiger partial charge >= 0.3 is 0 Å². The van der Waals surface area contributed by atoms with Gasteiger partial charge in [-0.05, 0) is 95.8 Å². The Labute approximate surface area is 238 Å². The predicted molar refractivity (Wildman–Crippen MR) is 151 cm³/mol. The molecule has 41 heavy (non-hydrogen) atoms. The monoisotopic (exact) mass is 551 g/mol. The zero-order valence-electron chi connectivity index (χ0n) is 23.0. The predicted octanol–water partition coefficient (Wildman–Crippen LogP) is 1.16. The lowest BCUT2D eigenvalue weighted by Crippen LogP contribution is -2.44. The van der Waals surface area contributed by atoms with Crippen molar-refractivity contribution >= 4 is 17.5 Å². The summed E-state index contributed by atoms with van der Waals surface area (Å²) in [5.74, 6) is 0.448. The highest BCUT2D eigenvalue weighted by Gasteiger charge is 2.54. The number of hydrogen-bond donors (Lipinski definition) is 3. The number of nitrogens with zero attached hydrogens (tertiary/aromatic N) is 6. The number of aryl methyl sites for hydroxylation is 3. The maximum Gasteiger partial charge on any atom is 0.248 e. The van der Waals surface area contributed by atoms with E-state index >= 15 is 0 Å². The Bertz CT molecular complexity index is 1540. The molecule has 0 bridgehead atoms. The molecule has 0 radical (unpaired) electrons. The Kier molecular flexibility index (Phi) is 6.58. The first-order valence-corrected chi connectivity index (χ1v) is 13.9. The Morgan fingerprint density at radius 1 is 1.12 bits per heavy atom. The van der Waals surface area contributed by atoms with E-state index in [2.05, 4.69) is 40.4 Å². The number of fused-ring (bicyclic) bond motifs is 3. The van der Waals surface area contributed by atoms with Crippen molar-refractivity contribution in [1.29, 1.82) is 5.26 Å². The molecule has 3 aliphatic rings. The number of nitrogens with two attached hydrogens (primary N) is 2. The van der Waals surface area contributed by atoms with Crippen LogP contribution >= 0.6 is 0 Å². The largest absolute Gasteiger partial charge is 0.399 e. The third kappa shape index (κ3) is 4.54. The number of carbonyl (C=O) groups excluding carboxylic acids is 2. The van der Waals surface area contributed by atoms with Gasteiger partial charge in [-0.3, -0.25) is 9.59 Å². The fourth-order valence-electron chi connectivity index (χ4n) is 6.77. The summed E-state index contributed by atoms with van der Waals surface area (Å²) in [7, 11) is 1.73. The van der Waals surface area contributed by atoms with Crippen LogP contribution in [0.25, 0.3) is 5.70 Å². The molecule has 3 aromatic rings. The number of rotatable bonds is 8. The lowest BCUT2D eigenvalue weighted by molar-refractivity contribution is -0.131. The van der Waals surface area contributed by atoms with Crippen LogP contribution in [0.4, 0.5) is 0 Å². The number of benzene rings is 2. The zero-order valence-corrected chi connectivity index (χ0v) is 23.0. The van der Waals surface area contributed by atoms with Gasteiger partial charge in [0.1, 0.15) is 6.04 Å². The molecule has 2 fully saturated rings. The Morgan fingerprint density at radius 3 is 2.41 bits per heavy atom.